The van der Waals surface area contributed by atoms with Crippen molar-refractivity contribution in [2.75, 3.05) is 50.1 Å². The summed E-state index contributed by atoms with van der Waals surface area (Å²) in [6.45, 7) is 3.22. The third-order valence-corrected chi connectivity index (χ3v) is 6.84. The van der Waals surface area contributed by atoms with Gasteiger partial charge in [-0.2, -0.15) is 5.26 Å². The van der Waals surface area contributed by atoms with Gasteiger partial charge in [0.2, 0.25) is 0 Å². The number of methoxy groups -OCH3 is 1. The second-order valence-corrected chi connectivity index (χ2v) is 8.87. The minimum absolute atomic E-state index is 0.300. The third kappa shape index (κ3) is 4.76. The molecule has 3 fully saturated rings. The van der Waals surface area contributed by atoms with Gasteiger partial charge >= 0.3 is 6.03 Å². The zero-order valence-electron chi connectivity index (χ0n) is 19.5. The van der Waals surface area contributed by atoms with Crippen molar-refractivity contribution in [2.45, 2.75) is 30.6 Å². The van der Waals surface area contributed by atoms with E-state index in [0.29, 0.717) is 30.9 Å². The van der Waals surface area contributed by atoms with Gasteiger partial charge in [-0.05, 0) is 30.3 Å². The van der Waals surface area contributed by atoms with E-state index in [1.807, 2.05) is 30.3 Å². The molecule has 2 aromatic carbocycles. The Morgan fingerprint density at radius 3 is 2.74 bits per heavy atom. The quantitative estimate of drug-likeness (QED) is 0.588. The van der Waals surface area contributed by atoms with Crippen LogP contribution in [0.2, 0.25) is 0 Å². The minimum atomic E-state index is -0.866. The molecule has 0 radical (unpaired) electrons. The van der Waals surface area contributed by atoms with Crippen LogP contribution in [0.5, 0.6) is 5.75 Å². The van der Waals surface area contributed by atoms with E-state index in [-0.39, 0.29) is 0 Å². The van der Waals surface area contributed by atoms with Crippen LogP contribution >= 0.6 is 0 Å². The molecule has 0 spiro atoms. The van der Waals surface area contributed by atoms with Crippen LogP contribution in [0.15, 0.2) is 48.5 Å². The van der Waals surface area contributed by atoms with Crippen molar-refractivity contribution in [1.82, 2.24) is 10.2 Å². The maximum Gasteiger partial charge on any atom is 0.319 e. The fraction of sp³-hybridized carbons (Fsp3) is 0.440. The van der Waals surface area contributed by atoms with Crippen LogP contribution in [-0.2, 0) is 9.47 Å². The summed E-state index contributed by atoms with van der Waals surface area (Å²) in [5.41, 5.74) is 1.99. The first-order valence-electron chi connectivity index (χ1n) is 11.7. The molecular weight excluding hydrogens is 450 g/mol. The van der Waals surface area contributed by atoms with E-state index in [2.05, 4.69) is 20.4 Å². The number of fused-ring (bicyclic) bond motifs is 2. The van der Waals surface area contributed by atoms with Crippen LogP contribution in [0.4, 0.5) is 16.2 Å². The predicted octanol–water partition coefficient (Wildman–Crippen LogP) is 1.36. The number of rotatable bonds is 5. The van der Waals surface area contributed by atoms with E-state index >= 15 is 0 Å². The summed E-state index contributed by atoms with van der Waals surface area (Å²) in [5.74, 6) is 0.833. The second kappa shape index (κ2) is 10.1. The number of carbonyl (C=O) groups is 1. The SMILES string of the molecule is COc1ccccc1N1CCN([C@H]2[C@@H]3OC[C@@H](O3)[C@@H](NC(=O)Nc3cccc(C#N)c3)[C@@H]2O)CC1. The molecule has 0 unspecified atom stereocenters. The summed E-state index contributed by atoms with van der Waals surface area (Å²) in [6.07, 6.45) is -1.84. The number of para-hydroxylation sites is 2. The van der Waals surface area contributed by atoms with Gasteiger partial charge < -0.3 is 34.9 Å². The highest BCUT2D eigenvalue weighted by atomic mass is 16.7. The summed E-state index contributed by atoms with van der Waals surface area (Å²) < 4.78 is 17.4. The van der Waals surface area contributed by atoms with Crippen LogP contribution < -0.4 is 20.3 Å². The Morgan fingerprint density at radius 1 is 1.17 bits per heavy atom. The monoisotopic (exact) mass is 479 g/mol. The van der Waals surface area contributed by atoms with E-state index in [1.165, 1.54) is 0 Å². The highest BCUT2D eigenvalue weighted by Gasteiger charge is 2.53. The van der Waals surface area contributed by atoms with E-state index in [4.69, 9.17) is 19.5 Å². The van der Waals surface area contributed by atoms with Gasteiger partial charge in [0, 0.05) is 31.9 Å². The third-order valence-electron chi connectivity index (χ3n) is 6.84. The largest absolute Gasteiger partial charge is 0.495 e. The molecule has 3 aliphatic rings. The van der Waals surface area contributed by atoms with Crippen molar-refractivity contribution in [3.63, 3.8) is 0 Å². The number of nitriles is 1. The number of ether oxygens (including phenoxy) is 3. The van der Waals surface area contributed by atoms with Crippen LogP contribution in [-0.4, -0.2) is 86.5 Å². The Labute approximate surface area is 204 Å². The van der Waals surface area contributed by atoms with Crippen molar-refractivity contribution in [2.24, 2.45) is 0 Å². The number of anilines is 2. The average Bonchev–Trinajstić information content (AvgIpc) is 3.32. The van der Waals surface area contributed by atoms with Crippen molar-refractivity contribution in [3.05, 3.63) is 54.1 Å². The number of aliphatic hydroxyl groups excluding tert-OH is 1. The molecule has 5 atom stereocenters. The lowest BCUT2D eigenvalue weighted by molar-refractivity contribution is -0.181. The number of aliphatic hydroxyl groups is 1. The summed E-state index contributed by atoms with van der Waals surface area (Å²) in [5, 5.41) is 26.0. The van der Waals surface area contributed by atoms with Crippen LogP contribution in [0, 0.1) is 11.3 Å². The summed E-state index contributed by atoms with van der Waals surface area (Å²) >= 11 is 0. The van der Waals surface area contributed by atoms with E-state index in [9.17, 15) is 9.90 Å². The first-order chi connectivity index (χ1) is 17.1. The fourth-order valence-corrected chi connectivity index (χ4v) is 5.10. The standard InChI is InChI=1S/C25H29N5O5/c1-33-19-8-3-2-7-18(19)29-9-11-30(12-10-29)22-23(31)21(20-15-34-24(22)35-20)28-25(32)27-17-6-4-5-16(13-17)14-26/h2-8,13,20-24,31H,9-12,15H2,1H3,(H2,27,28,32)/t20-,21-,22-,23+,24-/m1/s1. The normalized spacial score (nSPS) is 28.3. The molecule has 2 aromatic rings. The number of amides is 2. The molecule has 10 nitrogen and oxygen atoms in total. The van der Waals surface area contributed by atoms with Crippen molar-refractivity contribution in [3.8, 4) is 11.8 Å². The Bertz CT molecular complexity index is 1100. The number of hydrogen-bond donors (Lipinski definition) is 3. The summed E-state index contributed by atoms with van der Waals surface area (Å²) in [4.78, 5) is 17.1. The van der Waals surface area contributed by atoms with Gasteiger partial charge in [0.05, 0.1) is 49.2 Å². The lowest BCUT2D eigenvalue weighted by atomic mass is 9.94. The van der Waals surface area contributed by atoms with Gasteiger partial charge in [0.25, 0.3) is 0 Å². The van der Waals surface area contributed by atoms with E-state index in [0.717, 1.165) is 24.5 Å². The number of nitrogens with zero attached hydrogens (tertiary/aromatic N) is 3. The Kier molecular flexibility index (Phi) is 6.74. The Hall–Kier alpha value is -3.36. The van der Waals surface area contributed by atoms with Crippen molar-refractivity contribution < 1.29 is 24.1 Å². The van der Waals surface area contributed by atoms with Gasteiger partial charge in [-0.25, -0.2) is 4.79 Å². The molecule has 184 valence electrons. The highest BCUT2D eigenvalue weighted by Crippen LogP contribution is 2.33. The summed E-state index contributed by atoms with van der Waals surface area (Å²) in [7, 11) is 1.67. The number of hydrogen-bond acceptors (Lipinski definition) is 8. The van der Waals surface area contributed by atoms with Gasteiger partial charge in [0.1, 0.15) is 11.9 Å². The van der Waals surface area contributed by atoms with E-state index < -0.39 is 36.6 Å². The van der Waals surface area contributed by atoms with Crippen molar-refractivity contribution in [1.29, 1.82) is 5.26 Å². The second-order valence-electron chi connectivity index (χ2n) is 8.87. The first kappa shape index (κ1) is 23.4. The molecule has 3 saturated heterocycles. The Balaban J connectivity index is 1.23. The number of carbonyl (C=O) groups excluding carboxylic acids is 1. The molecule has 35 heavy (non-hydrogen) atoms. The number of urea groups is 1. The molecule has 5 rings (SSSR count). The van der Waals surface area contributed by atoms with Crippen LogP contribution in [0.1, 0.15) is 5.56 Å². The lowest BCUT2D eigenvalue weighted by Gasteiger charge is -2.47. The van der Waals surface area contributed by atoms with Gasteiger partial charge in [-0.3, -0.25) is 4.90 Å². The first-order valence-corrected chi connectivity index (χ1v) is 11.7. The smallest absolute Gasteiger partial charge is 0.319 e. The molecule has 2 bridgehead atoms. The van der Waals surface area contributed by atoms with Gasteiger partial charge in [-0.1, -0.05) is 18.2 Å². The van der Waals surface area contributed by atoms with Crippen molar-refractivity contribution >= 4 is 17.4 Å². The zero-order chi connectivity index (χ0) is 24.4. The Morgan fingerprint density at radius 2 is 1.97 bits per heavy atom. The average molecular weight is 480 g/mol. The minimum Gasteiger partial charge on any atom is -0.495 e. The number of piperazine rings is 1. The lowest BCUT2D eigenvalue weighted by Crippen LogP contribution is -2.67. The van der Waals surface area contributed by atoms with E-state index in [1.54, 1.807) is 31.4 Å². The number of nitrogens with one attached hydrogen (secondary N) is 2. The molecule has 3 aliphatic heterocycles. The fourth-order valence-electron chi connectivity index (χ4n) is 5.10. The molecule has 2 amide bonds. The zero-order valence-corrected chi connectivity index (χ0v) is 19.5. The topological polar surface area (TPSA) is 119 Å². The van der Waals surface area contributed by atoms with Crippen LogP contribution in [0.3, 0.4) is 0 Å². The molecule has 0 saturated carbocycles. The predicted molar refractivity (Wildman–Crippen MR) is 128 cm³/mol. The number of benzene rings is 2. The molecule has 3 N–H and O–H groups in total. The van der Waals surface area contributed by atoms with Gasteiger partial charge in [0.15, 0.2) is 6.29 Å². The van der Waals surface area contributed by atoms with Crippen LogP contribution in [0.25, 0.3) is 0 Å². The maximum absolute atomic E-state index is 12.7. The summed E-state index contributed by atoms with van der Waals surface area (Å²) in [6, 6.07) is 15.1. The molecule has 3 heterocycles. The molecular formula is C25H29N5O5. The highest BCUT2D eigenvalue weighted by molar-refractivity contribution is 5.89. The molecule has 10 heteroatoms. The molecule has 0 aliphatic carbocycles. The maximum atomic E-state index is 12.7. The molecule has 0 aromatic heterocycles. The van der Waals surface area contributed by atoms with Gasteiger partial charge in [-0.15, -0.1) is 0 Å².